The van der Waals surface area contributed by atoms with E-state index in [0.29, 0.717) is 6.04 Å². The maximum atomic E-state index is 12.9. The van der Waals surface area contributed by atoms with Crippen LogP contribution < -0.4 is 10.2 Å². The van der Waals surface area contributed by atoms with Gasteiger partial charge in [-0.2, -0.15) is 0 Å². The number of aromatic nitrogens is 3. The molecule has 1 aliphatic carbocycles. The Bertz CT molecular complexity index is 1120. The number of rotatable bonds is 5. The number of hydrogen-bond donors (Lipinski definition) is 1. The normalized spacial score (nSPS) is 17.6. The van der Waals surface area contributed by atoms with Gasteiger partial charge in [0.05, 0.1) is 17.4 Å². The number of likely N-dealkylation sites (N-methyl/N-ethyl adjacent to an activating group) is 1. The van der Waals surface area contributed by atoms with Crippen LogP contribution in [0.25, 0.3) is 10.9 Å². The Morgan fingerprint density at radius 1 is 1.00 bits per heavy atom. The second-order valence-corrected chi connectivity index (χ2v) is 9.48. The lowest BCUT2D eigenvalue weighted by atomic mass is 10.2. The molecule has 1 aliphatic heterocycles. The van der Waals surface area contributed by atoms with Crippen LogP contribution in [0.15, 0.2) is 36.7 Å². The van der Waals surface area contributed by atoms with Crippen LogP contribution in [0.1, 0.15) is 42.2 Å². The Kier molecular flexibility index (Phi) is 5.93. The van der Waals surface area contributed by atoms with Crippen molar-refractivity contribution in [1.29, 1.82) is 0 Å². The topological polar surface area (TPSA) is 69.5 Å². The molecule has 0 spiro atoms. The van der Waals surface area contributed by atoms with E-state index < -0.39 is 0 Å². The molecule has 0 radical (unpaired) electrons. The zero-order valence-electron chi connectivity index (χ0n) is 19.8. The average Bonchev–Trinajstić information content (AvgIpc) is 3.47. The molecular formula is C25H33N7O. The Labute approximate surface area is 195 Å². The zero-order chi connectivity index (χ0) is 22.9. The third-order valence-corrected chi connectivity index (χ3v) is 6.91. The van der Waals surface area contributed by atoms with Crippen molar-refractivity contribution in [2.24, 2.45) is 0 Å². The summed E-state index contributed by atoms with van der Waals surface area (Å²) >= 11 is 0. The van der Waals surface area contributed by atoms with Gasteiger partial charge in [0.25, 0.3) is 5.91 Å². The highest BCUT2D eigenvalue weighted by Crippen LogP contribution is 2.36. The molecule has 0 aromatic carbocycles. The minimum absolute atomic E-state index is 0.0359. The molecule has 1 N–H and O–H groups in total. The van der Waals surface area contributed by atoms with Gasteiger partial charge in [-0.25, -0.2) is 9.97 Å². The minimum atomic E-state index is 0.0359. The first-order chi connectivity index (χ1) is 16.0. The van der Waals surface area contributed by atoms with E-state index in [0.717, 1.165) is 72.9 Å². The van der Waals surface area contributed by atoms with Crippen molar-refractivity contribution in [3.05, 3.63) is 42.4 Å². The number of carbonyl (C=O) groups is 1. The van der Waals surface area contributed by atoms with Crippen LogP contribution in [0.2, 0.25) is 0 Å². The molecule has 8 heteroatoms. The summed E-state index contributed by atoms with van der Waals surface area (Å²) in [5.74, 6) is 1.54. The molecular weight excluding hydrogens is 414 g/mol. The SMILES string of the molecule is CN1CCN(c2ccc(Nc3cc4c(cn3)cc(C(=O)N(C)C)n4C3CCCC3)nc2)CC1. The largest absolute Gasteiger partial charge is 0.368 e. The van der Waals surface area contributed by atoms with Crippen LogP contribution in [0.3, 0.4) is 0 Å². The van der Waals surface area contributed by atoms with E-state index in [1.807, 2.05) is 38.6 Å². The first-order valence-electron chi connectivity index (χ1n) is 11.9. The van der Waals surface area contributed by atoms with Crippen LogP contribution >= 0.6 is 0 Å². The van der Waals surface area contributed by atoms with Crippen LogP contribution in [0, 0.1) is 0 Å². The number of hydrogen-bond acceptors (Lipinski definition) is 6. The van der Waals surface area contributed by atoms with Crippen LogP contribution in [0.4, 0.5) is 17.3 Å². The Hall–Kier alpha value is -3.13. The summed E-state index contributed by atoms with van der Waals surface area (Å²) in [7, 11) is 5.78. The van der Waals surface area contributed by atoms with Crippen LogP contribution in [0.5, 0.6) is 0 Å². The number of pyridine rings is 2. The summed E-state index contributed by atoms with van der Waals surface area (Å²) in [6.07, 6.45) is 8.42. The highest BCUT2D eigenvalue weighted by Gasteiger charge is 2.25. The van der Waals surface area contributed by atoms with Crippen molar-refractivity contribution in [2.75, 3.05) is 57.5 Å². The van der Waals surface area contributed by atoms with Crippen LogP contribution in [-0.2, 0) is 0 Å². The third kappa shape index (κ3) is 4.39. The van der Waals surface area contributed by atoms with Gasteiger partial charge in [-0.3, -0.25) is 4.79 Å². The first kappa shape index (κ1) is 21.7. The predicted molar refractivity (Wildman–Crippen MR) is 132 cm³/mol. The Balaban J connectivity index is 1.41. The molecule has 1 amide bonds. The Morgan fingerprint density at radius 2 is 1.73 bits per heavy atom. The molecule has 5 rings (SSSR count). The van der Waals surface area contributed by atoms with Gasteiger partial charge in [0.1, 0.15) is 17.3 Å². The fourth-order valence-electron chi connectivity index (χ4n) is 4.98. The number of carbonyl (C=O) groups excluding carboxylic acids is 1. The number of nitrogens with one attached hydrogen (secondary N) is 1. The highest BCUT2D eigenvalue weighted by atomic mass is 16.2. The molecule has 4 heterocycles. The lowest BCUT2D eigenvalue weighted by Gasteiger charge is -2.33. The van der Waals surface area contributed by atoms with E-state index in [1.54, 1.807) is 4.90 Å². The second kappa shape index (κ2) is 9.02. The number of fused-ring (bicyclic) bond motifs is 1. The standard InChI is InChI=1S/C25H33N7O/c1-29(2)25(33)22-14-18-16-26-24(15-21(18)32(22)19-6-4-5-7-19)28-23-9-8-20(17-27-23)31-12-10-30(3)11-13-31/h8-9,14-17,19H,4-7,10-13H2,1-3H3,(H,26,27,28). The van der Waals surface area contributed by atoms with E-state index in [-0.39, 0.29) is 5.91 Å². The van der Waals surface area contributed by atoms with Crippen molar-refractivity contribution in [3.8, 4) is 0 Å². The molecule has 0 unspecified atom stereocenters. The number of piperazine rings is 1. The van der Waals surface area contributed by atoms with Crippen molar-refractivity contribution in [3.63, 3.8) is 0 Å². The van der Waals surface area contributed by atoms with Crippen molar-refractivity contribution in [1.82, 2.24) is 24.3 Å². The molecule has 3 aromatic rings. The number of anilines is 3. The van der Waals surface area contributed by atoms with Gasteiger partial charge in [-0.05, 0) is 38.1 Å². The van der Waals surface area contributed by atoms with Crippen molar-refractivity contribution < 1.29 is 4.79 Å². The molecule has 2 fully saturated rings. The maximum Gasteiger partial charge on any atom is 0.270 e. The van der Waals surface area contributed by atoms with Gasteiger partial charge in [0.15, 0.2) is 0 Å². The molecule has 0 atom stereocenters. The fourth-order valence-corrected chi connectivity index (χ4v) is 4.98. The molecule has 0 bridgehead atoms. The monoisotopic (exact) mass is 447 g/mol. The average molecular weight is 448 g/mol. The van der Waals surface area contributed by atoms with Gasteiger partial charge in [0.2, 0.25) is 0 Å². The smallest absolute Gasteiger partial charge is 0.270 e. The third-order valence-electron chi connectivity index (χ3n) is 6.91. The predicted octanol–water partition coefficient (Wildman–Crippen LogP) is 3.74. The molecule has 174 valence electrons. The quantitative estimate of drug-likeness (QED) is 0.643. The van der Waals surface area contributed by atoms with Crippen molar-refractivity contribution in [2.45, 2.75) is 31.7 Å². The lowest BCUT2D eigenvalue weighted by molar-refractivity contribution is 0.0815. The zero-order valence-corrected chi connectivity index (χ0v) is 19.8. The van der Waals surface area contributed by atoms with E-state index in [1.165, 1.54) is 12.8 Å². The summed E-state index contributed by atoms with van der Waals surface area (Å²) in [5, 5.41) is 4.35. The molecule has 1 saturated heterocycles. The van der Waals surface area contributed by atoms with Crippen LogP contribution in [-0.4, -0.2) is 77.6 Å². The molecule has 3 aromatic heterocycles. The summed E-state index contributed by atoms with van der Waals surface area (Å²) in [6.45, 7) is 4.19. The van der Waals surface area contributed by atoms with E-state index >= 15 is 0 Å². The Morgan fingerprint density at radius 3 is 2.39 bits per heavy atom. The van der Waals surface area contributed by atoms with Gasteiger partial charge in [-0.1, -0.05) is 12.8 Å². The van der Waals surface area contributed by atoms with Gasteiger partial charge < -0.3 is 24.6 Å². The van der Waals surface area contributed by atoms with E-state index in [9.17, 15) is 4.79 Å². The van der Waals surface area contributed by atoms with E-state index in [2.05, 4.69) is 48.8 Å². The highest BCUT2D eigenvalue weighted by molar-refractivity contribution is 5.99. The van der Waals surface area contributed by atoms with Gasteiger partial charge in [-0.15, -0.1) is 0 Å². The summed E-state index contributed by atoms with van der Waals surface area (Å²) in [5.41, 5.74) is 2.95. The number of nitrogens with zero attached hydrogens (tertiary/aromatic N) is 6. The van der Waals surface area contributed by atoms with E-state index in [4.69, 9.17) is 0 Å². The first-order valence-corrected chi connectivity index (χ1v) is 11.9. The second-order valence-electron chi connectivity index (χ2n) is 9.48. The fraction of sp³-hybridized carbons (Fsp3) is 0.480. The molecule has 33 heavy (non-hydrogen) atoms. The maximum absolute atomic E-state index is 12.9. The lowest BCUT2D eigenvalue weighted by Crippen LogP contribution is -2.44. The van der Waals surface area contributed by atoms with Gasteiger partial charge >= 0.3 is 0 Å². The summed E-state index contributed by atoms with van der Waals surface area (Å²) < 4.78 is 2.24. The van der Waals surface area contributed by atoms with Crippen molar-refractivity contribution >= 4 is 34.1 Å². The molecule has 8 nitrogen and oxygen atoms in total. The van der Waals surface area contributed by atoms with Gasteiger partial charge in [0, 0.05) is 64.0 Å². The summed E-state index contributed by atoms with van der Waals surface area (Å²) in [6, 6.07) is 8.52. The molecule has 2 aliphatic rings. The number of amides is 1. The summed E-state index contributed by atoms with van der Waals surface area (Å²) in [4.78, 5) is 28.5. The molecule has 1 saturated carbocycles. The minimum Gasteiger partial charge on any atom is -0.368 e.